The molecule has 0 spiro atoms. The van der Waals surface area contributed by atoms with Crippen LogP contribution in [0.5, 0.6) is 0 Å². The molecule has 0 aromatic heterocycles. The Morgan fingerprint density at radius 1 is 0.750 bits per heavy atom. The second kappa shape index (κ2) is 13.9. The van der Waals surface area contributed by atoms with Crippen LogP contribution in [0.3, 0.4) is 0 Å². The largest absolute Gasteiger partial charge is 0.490 e. The van der Waals surface area contributed by atoms with Crippen LogP contribution in [0.2, 0.25) is 0 Å². The minimum atomic E-state index is -5.32. The molecule has 0 aromatic carbocycles. The van der Waals surface area contributed by atoms with Crippen LogP contribution >= 0.6 is 23.5 Å². The third-order valence-corrected chi connectivity index (χ3v) is 6.71. The quantitative estimate of drug-likeness (QED) is 0.219. The fraction of sp³-hybridized carbons (Fsp3) is 1.00. The summed E-state index contributed by atoms with van der Waals surface area (Å²) in [5.41, 5.74) is 0. The topological polar surface area (TPSA) is 149 Å². The molecule has 3 N–H and O–H groups in total. The van der Waals surface area contributed by atoms with Crippen molar-refractivity contribution in [3.63, 3.8) is 0 Å². The number of phosphoric ester groups is 1. The first kappa shape index (κ1) is 28.0. The SMILES string of the molecule is CCCCCOP(=O)(OCCCCC)OP(=O)(O)OP(=O)(O)O.[Nd]. The van der Waals surface area contributed by atoms with Gasteiger partial charge in [-0.3, -0.25) is 9.05 Å². The van der Waals surface area contributed by atoms with Gasteiger partial charge in [0.2, 0.25) is 0 Å². The second-order valence-corrected chi connectivity index (χ2v) is 9.29. The van der Waals surface area contributed by atoms with Crippen molar-refractivity contribution >= 4 is 23.5 Å². The molecule has 0 aromatic rings. The van der Waals surface area contributed by atoms with E-state index in [-0.39, 0.29) is 54.1 Å². The average Bonchev–Trinajstić information content (AvgIpc) is 2.36. The van der Waals surface area contributed by atoms with E-state index in [0.29, 0.717) is 12.8 Å². The number of hydrogen-bond donors (Lipinski definition) is 3. The van der Waals surface area contributed by atoms with Gasteiger partial charge in [0.15, 0.2) is 0 Å². The molecule has 0 saturated heterocycles. The van der Waals surface area contributed by atoms with Crippen molar-refractivity contribution < 1.29 is 86.9 Å². The van der Waals surface area contributed by atoms with Gasteiger partial charge in [0.25, 0.3) is 0 Å². The van der Waals surface area contributed by atoms with Crippen molar-refractivity contribution in [2.45, 2.75) is 52.4 Å². The summed E-state index contributed by atoms with van der Waals surface area (Å²) in [7, 11) is -15.1. The molecule has 1 atom stereocenters. The van der Waals surface area contributed by atoms with E-state index >= 15 is 0 Å². The van der Waals surface area contributed by atoms with Gasteiger partial charge in [-0.15, -0.1) is 0 Å². The average molecular weight is 542 g/mol. The normalized spacial score (nSPS) is 14.9. The minimum Gasteiger partial charge on any atom is -0.302 e. The molecule has 0 heterocycles. The van der Waals surface area contributed by atoms with Crippen LogP contribution in [0, 0.1) is 40.8 Å². The van der Waals surface area contributed by atoms with E-state index in [1.165, 1.54) is 0 Å². The Kier molecular flexibility index (Phi) is 16.2. The van der Waals surface area contributed by atoms with Gasteiger partial charge in [0.1, 0.15) is 0 Å². The zero-order valence-electron chi connectivity index (χ0n) is 13.7. The fourth-order valence-electron chi connectivity index (χ4n) is 1.42. The molecule has 24 heavy (non-hydrogen) atoms. The summed E-state index contributed by atoms with van der Waals surface area (Å²) >= 11 is 0. The van der Waals surface area contributed by atoms with Crippen LogP contribution in [0.4, 0.5) is 0 Å². The molecule has 0 amide bonds. The smallest absolute Gasteiger partial charge is 0.302 e. The number of phosphoric acid groups is 3. The predicted molar refractivity (Wildman–Crippen MR) is 82.6 cm³/mol. The van der Waals surface area contributed by atoms with Crippen molar-refractivity contribution in [3.05, 3.63) is 0 Å². The first-order valence-electron chi connectivity index (χ1n) is 7.23. The zero-order valence-corrected chi connectivity index (χ0v) is 19.6. The summed E-state index contributed by atoms with van der Waals surface area (Å²) in [5.74, 6) is 0. The van der Waals surface area contributed by atoms with Gasteiger partial charge >= 0.3 is 23.5 Å². The molecule has 0 saturated carbocycles. The Balaban J connectivity index is 0. The Morgan fingerprint density at radius 3 is 1.50 bits per heavy atom. The molecule has 0 radical (unpaired) electrons. The molecule has 0 aliphatic rings. The standard InChI is InChI=1S/C10H25O10P3.Nd/c1-3-5-7-9-17-23(16,18-10-8-6-4-2)20-22(14,15)19-21(11,12)13;/h3-10H2,1-2H3,(H,14,15)(H2,11,12,13);. The van der Waals surface area contributed by atoms with Gasteiger partial charge in [-0.05, 0) is 12.8 Å². The summed E-state index contributed by atoms with van der Waals surface area (Å²) in [6.45, 7) is 3.75. The molecule has 0 fully saturated rings. The first-order chi connectivity index (χ1) is 10.5. The van der Waals surface area contributed by atoms with Crippen LogP contribution < -0.4 is 0 Å². The molecule has 1 unspecified atom stereocenters. The number of hydrogen-bond acceptors (Lipinski definition) is 7. The molecular weight excluding hydrogens is 517 g/mol. The third-order valence-electron chi connectivity index (χ3n) is 2.41. The Morgan fingerprint density at radius 2 is 1.17 bits per heavy atom. The van der Waals surface area contributed by atoms with Gasteiger partial charge in [0, 0.05) is 40.8 Å². The van der Waals surface area contributed by atoms with E-state index in [1.54, 1.807) is 0 Å². The molecular formula is C10H25NdO10P3. The van der Waals surface area contributed by atoms with E-state index in [2.05, 4.69) is 8.62 Å². The van der Waals surface area contributed by atoms with Crippen LogP contribution in [-0.4, -0.2) is 27.9 Å². The van der Waals surface area contributed by atoms with Crippen molar-refractivity contribution in [1.82, 2.24) is 0 Å². The maximum atomic E-state index is 12.3. The molecule has 14 heteroatoms. The van der Waals surface area contributed by atoms with Crippen molar-refractivity contribution in [2.75, 3.05) is 13.2 Å². The van der Waals surface area contributed by atoms with Gasteiger partial charge < -0.3 is 14.7 Å². The van der Waals surface area contributed by atoms with Gasteiger partial charge in [-0.2, -0.15) is 8.62 Å². The minimum absolute atomic E-state index is 0. The third kappa shape index (κ3) is 16.0. The van der Waals surface area contributed by atoms with Crippen molar-refractivity contribution in [1.29, 1.82) is 0 Å². The number of unbranched alkanes of at least 4 members (excludes halogenated alkanes) is 4. The predicted octanol–water partition coefficient (Wildman–Crippen LogP) is 3.73. The zero-order chi connectivity index (χ0) is 18.0. The summed E-state index contributed by atoms with van der Waals surface area (Å²) < 4.78 is 52.1. The summed E-state index contributed by atoms with van der Waals surface area (Å²) in [4.78, 5) is 26.4. The van der Waals surface area contributed by atoms with Crippen molar-refractivity contribution in [3.8, 4) is 0 Å². The van der Waals surface area contributed by atoms with E-state index in [9.17, 15) is 18.6 Å². The van der Waals surface area contributed by atoms with Gasteiger partial charge in [-0.25, -0.2) is 13.7 Å². The summed E-state index contributed by atoms with van der Waals surface area (Å²) in [6.07, 6.45) is 4.29. The number of rotatable bonds is 14. The Hall–Kier alpha value is 1.76. The summed E-state index contributed by atoms with van der Waals surface area (Å²) in [5, 5.41) is 0. The molecule has 0 aliphatic carbocycles. The monoisotopic (exact) mass is 540 g/mol. The first-order valence-corrected chi connectivity index (χ1v) is 11.7. The van der Waals surface area contributed by atoms with Gasteiger partial charge in [0.05, 0.1) is 13.2 Å². The second-order valence-electron chi connectivity index (χ2n) is 4.65. The van der Waals surface area contributed by atoms with Crippen LogP contribution in [0.15, 0.2) is 0 Å². The van der Waals surface area contributed by atoms with E-state index in [0.717, 1.165) is 25.7 Å². The Bertz CT molecular complexity index is 452. The summed E-state index contributed by atoms with van der Waals surface area (Å²) in [6, 6.07) is 0. The maximum Gasteiger partial charge on any atom is 0.490 e. The van der Waals surface area contributed by atoms with E-state index < -0.39 is 23.5 Å². The van der Waals surface area contributed by atoms with Crippen LogP contribution in [-0.2, 0) is 31.4 Å². The van der Waals surface area contributed by atoms with E-state index in [1.807, 2.05) is 13.8 Å². The molecule has 0 aliphatic heterocycles. The van der Waals surface area contributed by atoms with E-state index in [4.69, 9.17) is 18.8 Å². The molecule has 0 bridgehead atoms. The maximum absolute atomic E-state index is 12.3. The van der Waals surface area contributed by atoms with Gasteiger partial charge in [-0.1, -0.05) is 39.5 Å². The van der Waals surface area contributed by atoms with Crippen LogP contribution in [0.1, 0.15) is 52.4 Å². The van der Waals surface area contributed by atoms with Crippen LogP contribution in [0.25, 0.3) is 0 Å². The fourth-order valence-corrected chi connectivity index (χ4v) is 5.05. The Labute approximate surface area is 175 Å². The van der Waals surface area contributed by atoms with Crippen molar-refractivity contribution in [2.24, 2.45) is 0 Å². The molecule has 144 valence electrons. The molecule has 10 nitrogen and oxygen atoms in total. The molecule has 0 rings (SSSR count).